The van der Waals surface area contributed by atoms with Gasteiger partial charge in [0.25, 0.3) is 0 Å². The van der Waals surface area contributed by atoms with Crippen LogP contribution >= 0.6 is 12.2 Å². The van der Waals surface area contributed by atoms with Crippen LogP contribution in [-0.2, 0) is 0 Å². The lowest BCUT2D eigenvalue weighted by Crippen LogP contribution is -2.18. The van der Waals surface area contributed by atoms with Crippen LogP contribution in [-0.4, -0.2) is 19.1 Å². The molecule has 104 valence electrons. The summed E-state index contributed by atoms with van der Waals surface area (Å²) < 4.78 is 5.29. The highest BCUT2D eigenvalue weighted by atomic mass is 32.1. The van der Waals surface area contributed by atoms with Crippen molar-refractivity contribution >= 4 is 28.6 Å². The van der Waals surface area contributed by atoms with Crippen LogP contribution in [0.3, 0.4) is 0 Å². The second kappa shape index (κ2) is 5.92. The summed E-state index contributed by atoms with van der Waals surface area (Å²) in [6.45, 7) is 2.07. The van der Waals surface area contributed by atoms with E-state index in [-0.39, 0.29) is 0 Å². The van der Waals surface area contributed by atoms with E-state index in [9.17, 15) is 0 Å². The van der Waals surface area contributed by atoms with E-state index in [4.69, 9.17) is 22.7 Å². The van der Waals surface area contributed by atoms with E-state index in [2.05, 4.69) is 30.0 Å². The van der Waals surface area contributed by atoms with Gasteiger partial charge in [-0.25, -0.2) is 0 Å². The highest BCUT2D eigenvalue weighted by molar-refractivity contribution is 7.80. The normalized spacial score (nSPS) is 10.2. The van der Waals surface area contributed by atoms with Gasteiger partial charge in [-0.1, -0.05) is 24.4 Å². The maximum absolute atomic E-state index is 5.82. The minimum atomic E-state index is 0.377. The number of rotatable bonds is 4. The Hall–Kier alpha value is -2.07. The summed E-state index contributed by atoms with van der Waals surface area (Å²) in [6.07, 6.45) is 0. The third-order valence-electron chi connectivity index (χ3n) is 3.22. The summed E-state index contributed by atoms with van der Waals surface area (Å²) in [5.74, 6) is 0.777. The molecular weight excluding hydrogens is 268 g/mol. The molecule has 0 aromatic heterocycles. The first-order valence-electron chi connectivity index (χ1n) is 6.31. The molecular formula is C16H18N2OS. The van der Waals surface area contributed by atoms with Crippen LogP contribution in [0.5, 0.6) is 5.75 Å². The van der Waals surface area contributed by atoms with Gasteiger partial charge in [0.05, 0.1) is 12.8 Å². The highest BCUT2D eigenvalue weighted by Gasteiger charge is 2.12. The number of thiocarbonyl (C=S) groups is 1. The lowest BCUT2D eigenvalue weighted by atomic mass is 10.1. The van der Waals surface area contributed by atoms with Crippen molar-refractivity contribution in [1.29, 1.82) is 0 Å². The molecule has 20 heavy (non-hydrogen) atoms. The van der Waals surface area contributed by atoms with Crippen molar-refractivity contribution in [3.05, 3.63) is 53.6 Å². The number of nitrogens with zero attached hydrogens (tertiary/aromatic N) is 1. The Morgan fingerprint density at radius 3 is 2.55 bits per heavy atom. The average Bonchev–Trinajstić information content (AvgIpc) is 2.45. The Labute approximate surface area is 125 Å². The SMILES string of the molecule is COc1ccc(C(N)=S)c(N(C)c2cccc(C)c2)c1. The second-order valence-electron chi connectivity index (χ2n) is 4.65. The van der Waals surface area contributed by atoms with E-state index < -0.39 is 0 Å². The third-order valence-corrected chi connectivity index (χ3v) is 3.44. The summed E-state index contributed by atoms with van der Waals surface area (Å²) in [5, 5.41) is 0. The van der Waals surface area contributed by atoms with Gasteiger partial charge in [0.15, 0.2) is 0 Å². The van der Waals surface area contributed by atoms with Crippen LogP contribution in [0.2, 0.25) is 0 Å². The topological polar surface area (TPSA) is 38.5 Å². The summed E-state index contributed by atoms with van der Waals surface area (Å²) in [7, 11) is 3.64. The van der Waals surface area contributed by atoms with Crippen molar-refractivity contribution in [2.75, 3.05) is 19.1 Å². The molecule has 2 rings (SSSR count). The van der Waals surface area contributed by atoms with Crippen molar-refractivity contribution in [1.82, 2.24) is 0 Å². The monoisotopic (exact) mass is 286 g/mol. The van der Waals surface area contributed by atoms with Crippen molar-refractivity contribution in [3.8, 4) is 5.75 Å². The highest BCUT2D eigenvalue weighted by Crippen LogP contribution is 2.31. The number of nitrogens with two attached hydrogens (primary N) is 1. The molecule has 0 saturated carbocycles. The van der Waals surface area contributed by atoms with Gasteiger partial charge in [-0.05, 0) is 36.8 Å². The van der Waals surface area contributed by atoms with Crippen LogP contribution in [0.1, 0.15) is 11.1 Å². The van der Waals surface area contributed by atoms with Gasteiger partial charge in [-0.2, -0.15) is 0 Å². The fourth-order valence-electron chi connectivity index (χ4n) is 2.10. The number of methoxy groups -OCH3 is 1. The van der Waals surface area contributed by atoms with Crippen LogP contribution in [0.4, 0.5) is 11.4 Å². The van der Waals surface area contributed by atoms with E-state index in [1.165, 1.54) is 5.56 Å². The molecule has 0 aliphatic rings. The molecule has 0 amide bonds. The quantitative estimate of drug-likeness (QED) is 0.874. The minimum Gasteiger partial charge on any atom is -0.497 e. The van der Waals surface area contributed by atoms with Gasteiger partial charge in [0, 0.05) is 24.4 Å². The Kier molecular flexibility index (Phi) is 4.25. The predicted molar refractivity (Wildman–Crippen MR) is 88.1 cm³/mol. The largest absolute Gasteiger partial charge is 0.497 e. The number of hydrogen-bond donors (Lipinski definition) is 1. The summed E-state index contributed by atoms with van der Waals surface area (Å²) in [5.41, 5.74) is 9.87. The van der Waals surface area contributed by atoms with Crippen molar-refractivity contribution in [2.24, 2.45) is 5.73 Å². The second-order valence-corrected chi connectivity index (χ2v) is 5.09. The number of aryl methyl sites for hydroxylation is 1. The van der Waals surface area contributed by atoms with Crippen LogP contribution in [0, 0.1) is 6.92 Å². The summed E-state index contributed by atoms with van der Waals surface area (Å²) in [6, 6.07) is 14.0. The van der Waals surface area contributed by atoms with Gasteiger partial charge >= 0.3 is 0 Å². The Morgan fingerprint density at radius 2 is 1.95 bits per heavy atom. The van der Waals surface area contributed by atoms with Crippen LogP contribution in [0.15, 0.2) is 42.5 Å². The number of benzene rings is 2. The molecule has 0 fully saturated rings. The zero-order valence-electron chi connectivity index (χ0n) is 11.9. The summed E-state index contributed by atoms with van der Waals surface area (Å²) >= 11 is 5.13. The minimum absolute atomic E-state index is 0.377. The Balaban J connectivity index is 2.52. The molecule has 0 aliphatic heterocycles. The van der Waals surface area contributed by atoms with E-state index in [0.29, 0.717) is 4.99 Å². The molecule has 0 heterocycles. The molecule has 0 saturated heterocycles. The third kappa shape index (κ3) is 2.91. The number of anilines is 2. The maximum atomic E-state index is 5.82. The standard InChI is InChI=1S/C16H18N2OS/c1-11-5-4-6-12(9-11)18(2)15-10-13(19-3)7-8-14(15)16(17)20/h4-10H,1-3H3,(H2,17,20). The van der Waals surface area contributed by atoms with E-state index in [1.807, 2.05) is 31.3 Å². The molecule has 2 aromatic carbocycles. The lowest BCUT2D eigenvalue weighted by molar-refractivity contribution is 0.415. The smallest absolute Gasteiger partial charge is 0.120 e. The van der Waals surface area contributed by atoms with Crippen molar-refractivity contribution in [2.45, 2.75) is 6.92 Å². The molecule has 0 spiro atoms. The molecule has 2 N–H and O–H groups in total. The number of ether oxygens (including phenoxy) is 1. The molecule has 0 radical (unpaired) electrons. The van der Waals surface area contributed by atoms with Crippen molar-refractivity contribution < 1.29 is 4.74 Å². The fourth-order valence-corrected chi connectivity index (χ4v) is 2.27. The molecule has 4 heteroatoms. The van der Waals surface area contributed by atoms with Crippen LogP contribution in [0.25, 0.3) is 0 Å². The zero-order valence-corrected chi connectivity index (χ0v) is 12.7. The van der Waals surface area contributed by atoms with Gasteiger partial charge in [-0.3, -0.25) is 0 Å². The number of hydrogen-bond acceptors (Lipinski definition) is 3. The zero-order chi connectivity index (χ0) is 14.7. The average molecular weight is 286 g/mol. The first-order chi connectivity index (χ1) is 9.52. The van der Waals surface area contributed by atoms with Crippen molar-refractivity contribution in [3.63, 3.8) is 0 Å². The summed E-state index contributed by atoms with van der Waals surface area (Å²) in [4.78, 5) is 2.44. The molecule has 0 aliphatic carbocycles. The van der Waals surface area contributed by atoms with Crippen LogP contribution < -0.4 is 15.4 Å². The Morgan fingerprint density at radius 1 is 1.20 bits per heavy atom. The Bertz CT molecular complexity index is 640. The lowest BCUT2D eigenvalue weighted by Gasteiger charge is -2.23. The predicted octanol–water partition coefficient (Wildman–Crippen LogP) is 3.41. The fraction of sp³-hybridized carbons (Fsp3) is 0.188. The van der Waals surface area contributed by atoms with Gasteiger partial charge in [0.2, 0.25) is 0 Å². The van der Waals surface area contributed by atoms with E-state index >= 15 is 0 Å². The molecule has 3 nitrogen and oxygen atoms in total. The van der Waals surface area contributed by atoms with Gasteiger partial charge in [0.1, 0.15) is 10.7 Å². The molecule has 0 unspecified atom stereocenters. The molecule has 0 bridgehead atoms. The van der Waals surface area contributed by atoms with Gasteiger partial charge in [-0.15, -0.1) is 0 Å². The van der Waals surface area contributed by atoms with E-state index in [0.717, 1.165) is 22.7 Å². The maximum Gasteiger partial charge on any atom is 0.120 e. The molecule has 0 atom stereocenters. The van der Waals surface area contributed by atoms with E-state index in [1.54, 1.807) is 7.11 Å². The first kappa shape index (κ1) is 14.3. The van der Waals surface area contributed by atoms with Gasteiger partial charge < -0.3 is 15.4 Å². The molecule has 2 aromatic rings. The first-order valence-corrected chi connectivity index (χ1v) is 6.72.